The van der Waals surface area contributed by atoms with Crippen LogP contribution in [0.1, 0.15) is 0 Å². The van der Waals surface area contributed by atoms with Crippen molar-refractivity contribution in [3.8, 4) is 0 Å². The van der Waals surface area contributed by atoms with Gasteiger partial charge >= 0.3 is 5.97 Å². The van der Waals surface area contributed by atoms with E-state index in [0.29, 0.717) is 12.3 Å². The summed E-state index contributed by atoms with van der Waals surface area (Å²) in [6.45, 7) is 0.589. The molecule has 0 aromatic heterocycles. The van der Waals surface area contributed by atoms with Gasteiger partial charge in [-0.2, -0.15) is 0 Å². The molecule has 0 bridgehead atoms. The van der Waals surface area contributed by atoms with Crippen LogP contribution in [0, 0.1) is 0 Å². The number of likely N-dealkylation sites (N-methyl/N-ethyl adjacent to an activating group) is 1. The first-order valence-corrected chi connectivity index (χ1v) is 3.57. The zero-order chi connectivity index (χ0) is 9.56. The lowest BCUT2D eigenvalue weighted by atomic mass is 10.4. The minimum atomic E-state index is -0.395. The fourth-order valence-corrected chi connectivity index (χ4v) is 0.671. The normalized spacial score (nSPS) is 11.6. The van der Waals surface area contributed by atoms with E-state index < -0.39 is 5.97 Å². The fraction of sp³-hybridized carbons (Fsp3) is 0.625. The Morgan fingerprint density at radius 2 is 1.92 bits per heavy atom. The van der Waals surface area contributed by atoms with Gasteiger partial charge in [0.2, 0.25) is 0 Å². The number of esters is 1. The number of carbonyl (C=O) groups is 1. The predicted molar refractivity (Wildman–Crippen MR) is 45.7 cm³/mol. The first kappa shape index (κ1) is 11.0. The van der Waals surface area contributed by atoms with E-state index in [4.69, 9.17) is 4.74 Å². The van der Waals surface area contributed by atoms with Gasteiger partial charge in [-0.3, -0.25) is 0 Å². The van der Waals surface area contributed by atoms with Crippen molar-refractivity contribution in [2.75, 3.05) is 34.9 Å². The number of methoxy groups -OCH3 is 2. The van der Waals surface area contributed by atoms with Gasteiger partial charge in [-0.25, -0.2) is 4.79 Å². The van der Waals surface area contributed by atoms with Crippen LogP contribution in [0.15, 0.2) is 11.8 Å². The highest BCUT2D eigenvalue weighted by Gasteiger charge is 2.02. The second-order valence-electron chi connectivity index (χ2n) is 2.58. The summed E-state index contributed by atoms with van der Waals surface area (Å²) in [4.78, 5) is 12.7. The molecule has 12 heavy (non-hydrogen) atoms. The van der Waals surface area contributed by atoms with E-state index in [2.05, 4.69) is 4.74 Å². The molecular formula is C8H15NO3. The Kier molecular flexibility index (Phi) is 5.12. The number of carbonyl (C=O) groups excluding carboxylic acids is 1. The maximum absolute atomic E-state index is 10.8. The molecule has 70 valence electrons. The molecule has 4 nitrogen and oxygen atoms in total. The van der Waals surface area contributed by atoms with Gasteiger partial charge in [0.25, 0.3) is 0 Å². The van der Waals surface area contributed by atoms with Crippen LogP contribution >= 0.6 is 0 Å². The molecule has 0 amide bonds. The summed E-state index contributed by atoms with van der Waals surface area (Å²) in [5.41, 5.74) is 0. The molecule has 0 aromatic rings. The Morgan fingerprint density at radius 3 is 2.25 bits per heavy atom. The minimum absolute atomic E-state index is 0.395. The molecule has 4 heteroatoms. The molecule has 0 aliphatic rings. The van der Waals surface area contributed by atoms with Crippen molar-refractivity contribution in [3.05, 3.63) is 11.8 Å². The lowest BCUT2D eigenvalue weighted by molar-refractivity contribution is -0.135. The maximum atomic E-state index is 10.8. The first-order valence-electron chi connectivity index (χ1n) is 3.57. The van der Waals surface area contributed by atoms with Crippen LogP contribution in [0.4, 0.5) is 0 Å². The topological polar surface area (TPSA) is 38.8 Å². The molecule has 0 unspecified atom stereocenters. The smallest absolute Gasteiger partial charge is 0.333 e. The summed E-state index contributed by atoms with van der Waals surface area (Å²) in [6, 6.07) is 0. The molecule has 0 aliphatic carbocycles. The van der Waals surface area contributed by atoms with Crippen molar-refractivity contribution in [3.63, 3.8) is 0 Å². The van der Waals surface area contributed by atoms with Gasteiger partial charge in [-0.05, 0) is 14.1 Å². The molecule has 0 fully saturated rings. The van der Waals surface area contributed by atoms with Gasteiger partial charge in [-0.1, -0.05) is 0 Å². The highest BCUT2D eigenvalue weighted by Crippen LogP contribution is 1.97. The predicted octanol–water partition coefficient (Wildman–Crippen LogP) is 0.251. The van der Waals surface area contributed by atoms with Crippen molar-refractivity contribution in [2.24, 2.45) is 0 Å². The number of rotatable bonds is 4. The third kappa shape index (κ3) is 4.73. The lowest BCUT2D eigenvalue weighted by Gasteiger charge is -2.11. The highest BCUT2D eigenvalue weighted by atomic mass is 16.5. The quantitative estimate of drug-likeness (QED) is 0.347. The van der Waals surface area contributed by atoms with E-state index in [-0.39, 0.29) is 0 Å². The summed E-state index contributed by atoms with van der Waals surface area (Å²) in [7, 11) is 6.65. The van der Waals surface area contributed by atoms with Gasteiger partial charge < -0.3 is 14.4 Å². The zero-order valence-electron chi connectivity index (χ0n) is 7.96. The van der Waals surface area contributed by atoms with Crippen LogP contribution in [-0.2, 0) is 14.3 Å². The van der Waals surface area contributed by atoms with Crippen molar-refractivity contribution in [2.45, 2.75) is 0 Å². The van der Waals surface area contributed by atoms with Gasteiger partial charge in [0.1, 0.15) is 5.76 Å². The third-order valence-corrected chi connectivity index (χ3v) is 1.21. The Morgan fingerprint density at radius 1 is 1.33 bits per heavy atom. The van der Waals surface area contributed by atoms with E-state index in [0.717, 1.165) is 0 Å². The maximum Gasteiger partial charge on any atom is 0.333 e. The average molecular weight is 173 g/mol. The summed E-state index contributed by atoms with van der Waals surface area (Å²) >= 11 is 0. The van der Waals surface area contributed by atoms with Crippen LogP contribution in [0.2, 0.25) is 0 Å². The molecule has 0 saturated carbocycles. The second-order valence-corrected chi connectivity index (χ2v) is 2.58. The summed E-state index contributed by atoms with van der Waals surface area (Å²) in [5, 5.41) is 0. The van der Waals surface area contributed by atoms with Gasteiger partial charge in [0, 0.05) is 0 Å². The molecule has 0 saturated heterocycles. The van der Waals surface area contributed by atoms with Crippen molar-refractivity contribution in [1.82, 2.24) is 4.90 Å². The molecule has 0 radical (unpaired) electrons. The van der Waals surface area contributed by atoms with Crippen molar-refractivity contribution < 1.29 is 14.3 Å². The highest BCUT2D eigenvalue weighted by molar-refractivity contribution is 5.82. The first-order chi connectivity index (χ1) is 5.60. The fourth-order valence-electron chi connectivity index (χ4n) is 0.671. The van der Waals surface area contributed by atoms with Crippen molar-refractivity contribution in [1.29, 1.82) is 0 Å². The van der Waals surface area contributed by atoms with E-state index in [1.54, 1.807) is 0 Å². The number of hydrogen-bond acceptors (Lipinski definition) is 4. The molecule has 0 spiro atoms. The van der Waals surface area contributed by atoms with E-state index in [9.17, 15) is 4.79 Å². The number of hydrogen-bond donors (Lipinski definition) is 0. The Balaban J connectivity index is 4.13. The standard InChI is InChI=1S/C8H15NO3/c1-9(2)6-7(11-3)5-8(10)12-4/h5H,6H2,1-4H3/b7-5-. The molecule has 0 atom stereocenters. The second kappa shape index (κ2) is 5.60. The molecule has 0 rings (SSSR count). The van der Waals surface area contributed by atoms with Crippen LogP contribution < -0.4 is 0 Å². The Hall–Kier alpha value is -1.03. The van der Waals surface area contributed by atoms with Gasteiger partial charge in [0.05, 0.1) is 26.8 Å². The Labute approximate surface area is 72.8 Å². The van der Waals surface area contributed by atoms with Crippen LogP contribution in [0.5, 0.6) is 0 Å². The van der Waals surface area contributed by atoms with Crippen LogP contribution in [-0.4, -0.2) is 45.7 Å². The molecule has 0 aromatic carbocycles. The minimum Gasteiger partial charge on any atom is -0.499 e. The van der Waals surface area contributed by atoms with E-state index in [1.807, 2.05) is 19.0 Å². The SMILES string of the molecule is COC(=O)/C=C(/CN(C)C)OC. The number of nitrogens with zero attached hydrogens (tertiary/aromatic N) is 1. The summed E-state index contributed by atoms with van der Waals surface area (Å²) < 4.78 is 9.40. The van der Waals surface area contributed by atoms with E-state index >= 15 is 0 Å². The van der Waals surface area contributed by atoms with Crippen molar-refractivity contribution >= 4 is 5.97 Å². The number of ether oxygens (including phenoxy) is 2. The molecular weight excluding hydrogens is 158 g/mol. The third-order valence-electron chi connectivity index (χ3n) is 1.21. The molecule has 0 aliphatic heterocycles. The van der Waals surface area contributed by atoms with Crippen LogP contribution in [0.3, 0.4) is 0 Å². The van der Waals surface area contributed by atoms with E-state index in [1.165, 1.54) is 20.3 Å². The average Bonchev–Trinajstić information content (AvgIpc) is 2.02. The van der Waals surface area contributed by atoms with Gasteiger partial charge in [-0.15, -0.1) is 0 Å². The molecule has 0 heterocycles. The van der Waals surface area contributed by atoms with Crippen LogP contribution in [0.25, 0.3) is 0 Å². The largest absolute Gasteiger partial charge is 0.499 e. The summed E-state index contributed by atoms with van der Waals surface area (Å²) in [5.74, 6) is 0.195. The lowest BCUT2D eigenvalue weighted by Crippen LogP contribution is -2.17. The van der Waals surface area contributed by atoms with Gasteiger partial charge in [0.15, 0.2) is 0 Å². The summed E-state index contributed by atoms with van der Waals surface area (Å²) in [6.07, 6.45) is 1.33. The monoisotopic (exact) mass is 173 g/mol. The zero-order valence-corrected chi connectivity index (χ0v) is 7.96. The Bertz CT molecular complexity index is 175. The molecule has 0 N–H and O–H groups in total.